The molecule has 3 rings (SSSR count). The Balaban J connectivity index is 1.39. The van der Waals surface area contributed by atoms with Crippen LogP contribution in [0.25, 0.3) is 0 Å². The zero-order chi connectivity index (χ0) is 23.3. The Kier molecular flexibility index (Phi) is 7.71. The smallest absolute Gasteiger partial charge is 0.265 e. The van der Waals surface area contributed by atoms with Crippen molar-refractivity contribution in [3.8, 4) is 11.5 Å². The molecule has 2 aromatic carbocycles. The summed E-state index contributed by atoms with van der Waals surface area (Å²) < 4.78 is 24.3. The van der Waals surface area contributed by atoms with E-state index < -0.39 is 29.8 Å². The lowest BCUT2D eigenvalue weighted by molar-refractivity contribution is -0.129. The van der Waals surface area contributed by atoms with Crippen LogP contribution in [0.2, 0.25) is 5.02 Å². The number of rotatable bonds is 8. The van der Waals surface area contributed by atoms with Gasteiger partial charge in [0.1, 0.15) is 17.3 Å². The van der Waals surface area contributed by atoms with Crippen molar-refractivity contribution in [2.75, 3.05) is 13.2 Å². The minimum absolute atomic E-state index is 0.0326. The molecule has 0 bridgehead atoms. The van der Waals surface area contributed by atoms with E-state index in [1.807, 2.05) is 19.1 Å². The molecule has 1 aliphatic rings. The van der Waals surface area contributed by atoms with E-state index in [0.29, 0.717) is 17.0 Å². The molecular weight excluding hydrogens is 439 g/mol. The summed E-state index contributed by atoms with van der Waals surface area (Å²) in [7, 11) is 0. The third-order valence-corrected chi connectivity index (χ3v) is 5.14. The van der Waals surface area contributed by atoms with Gasteiger partial charge in [-0.2, -0.15) is 0 Å². The maximum absolute atomic E-state index is 13.4. The van der Waals surface area contributed by atoms with Crippen LogP contribution in [0.5, 0.6) is 11.5 Å². The zero-order valence-corrected chi connectivity index (χ0v) is 18.2. The summed E-state index contributed by atoms with van der Waals surface area (Å²) in [6, 6.07) is 9.31. The molecule has 1 aliphatic heterocycles. The Morgan fingerprint density at radius 3 is 2.84 bits per heavy atom. The highest BCUT2D eigenvalue weighted by Gasteiger charge is 2.31. The summed E-state index contributed by atoms with van der Waals surface area (Å²) in [4.78, 5) is 24.4. The van der Waals surface area contributed by atoms with Gasteiger partial charge in [-0.25, -0.2) is 4.39 Å². The fraction of sp³-hybridized carbons (Fsp3) is 0.304. The molecule has 1 heterocycles. The number of benzene rings is 2. The Hall–Kier alpha value is -3.10. The number of aliphatic hydroxyl groups excluding tert-OH is 1. The third-order valence-electron chi connectivity index (χ3n) is 4.83. The average Bonchev–Trinajstić information content (AvgIpc) is 2.75. The Bertz CT molecular complexity index is 1030. The second-order valence-electron chi connectivity index (χ2n) is 7.46. The first-order chi connectivity index (χ1) is 15.2. The fourth-order valence-corrected chi connectivity index (χ4v) is 3.28. The van der Waals surface area contributed by atoms with Crippen LogP contribution >= 0.6 is 11.6 Å². The van der Waals surface area contributed by atoms with Crippen molar-refractivity contribution in [2.45, 2.75) is 32.0 Å². The third kappa shape index (κ3) is 6.21. The van der Waals surface area contributed by atoms with E-state index in [-0.39, 0.29) is 36.8 Å². The number of aliphatic hydroxyl groups is 1. The van der Waals surface area contributed by atoms with Crippen LogP contribution in [-0.4, -0.2) is 36.2 Å². The molecule has 170 valence electrons. The van der Waals surface area contributed by atoms with Crippen molar-refractivity contribution < 1.29 is 28.6 Å². The first kappa shape index (κ1) is 23.6. The van der Waals surface area contributed by atoms with Crippen molar-refractivity contribution >= 4 is 23.4 Å². The number of hydrogen-bond acceptors (Lipinski definition) is 5. The Labute approximate surface area is 190 Å². The van der Waals surface area contributed by atoms with Crippen LogP contribution in [0.3, 0.4) is 0 Å². The van der Waals surface area contributed by atoms with Crippen molar-refractivity contribution in [2.24, 2.45) is 0 Å². The SMILES string of the molecule is C=C(CCNC(=O)COc1ccc(Cl)c(F)c1)NC(=O)C1CC(O)c2cc(C)ccc2O1. The van der Waals surface area contributed by atoms with E-state index in [1.54, 1.807) is 6.07 Å². The second kappa shape index (κ2) is 10.5. The van der Waals surface area contributed by atoms with Crippen molar-refractivity contribution in [3.05, 3.63) is 70.6 Å². The number of fused-ring (bicyclic) bond motifs is 1. The summed E-state index contributed by atoms with van der Waals surface area (Å²) in [5.41, 5.74) is 2.05. The largest absolute Gasteiger partial charge is 0.484 e. The topological polar surface area (TPSA) is 96.9 Å². The maximum Gasteiger partial charge on any atom is 0.265 e. The van der Waals surface area contributed by atoms with Crippen molar-refractivity contribution in [1.82, 2.24) is 10.6 Å². The quantitative estimate of drug-likeness (QED) is 0.560. The van der Waals surface area contributed by atoms with Crippen LogP contribution in [0.15, 0.2) is 48.7 Å². The molecule has 0 fully saturated rings. The number of hydrogen-bond donors (Lipinski definition) is 3. The van der Waals surface area contributed by atoms with E-state index in [9.17, 15) is 19.1 Å². The summed E-state index contributed by atoms with van der Waals surface area (Å²) >= 11 is 5.59. The highest BCUT2D eigenvalue weighted by molar-refractivity contribution is 6.30. The summed E-state index contributed by atoms with van der Waals surface area (Å²) in [5.74, 6) is -0.799. The van der Waals surface area contributed by atoms with Gasteiger partial charge in [0, 0.05) is 36.7 Å². The predicted molar refractivity (Wildman–Crippen MR) is 117 cm³/mol. The molecule has 32 heavy (non-hydrogen) atoms. The first-order valence-corrected chi connectivity index (χ1v) is 10.4. The lowest BCUT2D eigenvalue weighted by atomic mass is 9.97. The molecule has 0 radical (unpaired) electrons. The van der Waals surface area contributed by atoms with Gasteiger partial charge in [0.2, 0.25) is 0 Å². The number of carbonyl (C=O) groups is 2. The number of halogens is 2. The Morgan fingerprint density at radius 2 is 2.09 bits per heavy atom. The number of ether oxygens (including phenoxy) is 2. The molecule has 0 aromatic heterocycles. The molecule has 0 saturated heterocycles. The van der Waals surface area contributed by atoms with Gasteiger partial charge in [-0.15, -0.1) is 0 Å². The Morgan fingerprint density at radius 1 is 1.31 bits per heavy atom. The summed E-state index contributed by atoms with van der Waals surface area (Å²) in [6.07, 6.45) is -1.22. The van der Waals surface area contributed by atoms with Gasteiger partial charge < -0.3 is 25.2 Å². The molecule has 0 aliphatic carbocycles. The summed E-state index contributed by atoms with van der Waals surface area (Å²) in [6.45, 7) is 5.62. The molecule has 9 heteroatoms. The minimum atomic E-state index is -0.847. The van der Waals surface area contributed by atoms with Crippen molar-refractivity contribution in [3.63, 3.8) is 0 Å². The lowest BCUT2D eigenvalue weighted by Crippen LogP contribution is -2.41. The minimum Gasteiger partial charge on any atom is -0.484 e. The highest BCUT2D eigenvalue weighted by Crippen LogP contribution is 2.35. The van der Waals surface area contributed by atoms with Gasteiger partial charge in [-0.3, -0.25) is 9.59 Å². The number of amides is 2. The molecule has 2 amide bonds. The van der Waals surface area contributed by atoms with Crippen LogP contribution in [0.1, 0.15) is 30.1 Å². The van der Waals surface area contributed by atoms with Crippen LogP contribution in [0, 0.1) is 12.7 Å². The van der Waals surface area contributed by atoms with Gasteiger partial charge in [-0.1, -0.05) is 29.8 Å². The number of aryl methyl sites for hydroxylation is 1. The van der Waals surface area contributed by atoms with Gasteiger partial charge in [0.05, 0.1) is 11.1 Å². The number of nitrogens with one attached hydrogen (secondary N) is 2. The van der Waals surface area contributed by atoms with Crippen molar-refractivity contribution in [1.29, 1.82) is 0 Å². The molecule has 2 atom stereocenters. The molecule has 3 N–H and O–H groups in total. The number of carbonyl (C=O) groups excluding carboxylic acids is 2. The summed E-state index contributed by atoms with van der Waals surface area (Å²) in [5, 5.41) is 15.6. The van der Waals surface area contributed by atoms with Crippen LogP contribution in [0.4, 0.5) is 4.39 Å². The van der Waals surface area contributed by atoms with E-state index in [4.69, 9.17) is 21.1 Å². The molecular formula is C23H24ClFN2O5. The van der Waals surface area contributed by atoms with E-state index in [0.717, 1.165) is 11.6 Å². The van der Waals surface area contributed by atoms with E-state index >= 15 is 0 Å². The molecule has 7 nitrogen and oxygen atoms in total. The van der Waals surface area contributed by atoms with Gasteiger partial charge in [-0.05, 0) is 31.2 Å². The lowest BCUT2D eigenvalue weighted by Gasteiger charge is -2.29. The molecule has 0 spiro atoms. The normalized spacial score (nSPS) is 17.0. The van der Waals surface area contributed by atoms with Crippen LogP contribution in [-0.2, 0) is 9.59 Å². The monoisotopic (exact) mass is 462 g/mol. The van der Waals surface area contributed by atoms with E-state index in [1.165, 1.54) is 12.1 Å². The van der Waals surface area contributed by atoms with Gasteiger partial charge in [0.15, 0.2) is 12.7 Å². The maximum atomic E-state index is 13.4. The molecule has 2 aromatic rings. The second-order valence-corrected chi connectivity index (χ2v) is 7.86. The van der Waals surface area contributed by atoms with E-state index in [2.05, 4.69) is 17.2 Å². The average molecular weight is 463 g/mol. The highest BCUT2D eigenvalue weighted by atomic mass is 35.5. The van der Waals surface area contributed by atoms with Crippen LogP contribution < -0.4 is 20.1 Å². The van der Waals surface area contributed by atoms with Gasteiger partial charge in [0.25, 0.3) is 11.8 Å². The molecule has 0 saturated carbocycles. The fourth-order valence-electron chi connectivity index (χ4n) is 3.16. The zero-order valence-electron chi connectivity index (χ0n) is 17.5. The van der Waals surface area contributed by atoms with Gasteiger partial charge >= 0.3 is 0 Å². The first-order valence-electron chi connectivity index (χ1n) is 10.0. The standard InChI is InChI=1S/C23H24ClFN2O5/c1-13-3-6-20-16(9-13)19(28)11-21(32-20)23(30)27-14(2)7-8-26-22(29)12-31-15-4-5-17(24)18(25)10-15/h3-6,9-10,19,21,28H,2,7-8,11-12H2,1H3,(H,26,29)(H,27,30). The predicted octanol–water partition coefficient (Wildman–Crippen LogP) is 3.19. The molecule has 2 unspecified atom stereocenters.